The Hall–Kier alpha value is -1.59. The highest BCUT2D eigenvalue weighted by Gasteiger charge is 2.17. The molecule has 0 heterocycles. The maximum Gasteiger partial charge on any atom is 0.156 e. The van der Waals surface area contributed by atoms with Crippen LogP contribution in [0.3, 0.4) is 0 Å². The molecule has 94 valence electrons. The molecule has 0 saturated heterocycles. The van der Waals surface area contributed by atoms with Gasteiger partial charge in [0.05, 0.1) is 12.6 Å². The summed E-state index contributed by atoms with van der Waals surface area (Å²) in [5.41, 5.74) is 6.70. The van der Waals surface area contributed by atoms with E-state index in [1.165, 1.54) is 0 Å². The van der Waals surface area contributed by atoms with Gasteiger partial charge in [0.15, 0.2) is 5.84 Å². The van der Waals surface area contributed by atoms with Crippen molar-refractivity contribution in [2.24, 2.45) is 10.9 Å². The van der Waals surface area contributed by atoms with Crippen LogP contribution >= 0.6 is 0 Å². The lowest BCUT2D eigenvalue weighted by atomic mass is 10.1. The van der Waals surface area contributed by atoms with E-state index in [-0.39, 0.29) is 18.5 Å². The molecule has 0 saturated carbocycles. The molecule has 0 aliphatic rings. The number of hydrogen-bond acceptors (Lipinski definition) is 4. The number of amidine groups is 1. The number of benzene rings is 1. The molecule has 0 aromatic heterocycles. The number of rotatable bonds is 6. The van der Waals surface area contributed by atoms with Crippen LogP contribution in [0.5, 0.6) is 0 Å². The molecule has 0 aliphatic carbocycles. The summed E-state index contributed by atoms with van der Waals surface area (Å²) in [6.45, 7) is 3.01. The van der Waals surface area contributed by atoms with E-state index in [0.717, 1.165) is 5.56 Å². The molecule has 17 heavy (non-hydrogen) atoms. The zero-order chi connectivity index (χ0) is 12.7. The van der Waals surface area contributed by atoms with Gasteiger partial charge < -0.3 is 16.0 Å². The highest BCUT2D eigenvalue weighted by atomic mass is 16.4. The zero-order valence-electron chi connectivity index (χ0n) is 9.95. The van der Waals surface area contributed by atoms with Gasteiger partial charge in [0.25, 0.3) is 0 Å². The molecule has 0 fully saturated rings. The van der Waals surface area contributed by atoms with Crippen molar-refractivity contribution in [1.29, 1.82) is 0 Å². The van der Waals surface area contributed by atoms with E-state index in [4.69, 9.17) is 16.0 Å². The molecule has 1 rings (SSSR count). The summed E-state index contributed by atoms with van der Waals surface area (Å²) in [5, 5.41) is 20.7. The molecule has 5 nitrogen and oxygen atoms in total. The first kappa shape index (κ1) is 13.5. The van der Waals surface area contributed by atoms with Crippen LogP contribution in [0.25, 0.3) is 0 Å². The number of aliphatic hydroxyl groups is 1. The van der Waals surface area contributed by atoms with E-state index in [0.29, 0.717) is 13.1 Å². The van der Waals surface area contributed by atoms with E-state index in [9.17, 15) is 0 Å². The Morgan fingerprint density at radius 2 is 2.06 bits per heavy atom. The van der Waals surface area contributed by atoms with Gasteiger partial charge in [-0.05, 0) is 12.5 Å². The third-order valence-corrected chi connectivity index (χ3v) is 2.71. The first-order valence-corrected chi connectivity index (χ1v) is 5.55. The fourth-order valence-electron chi connectivity index (χ4n) is 1.63. The minimum atomic E-state index is -0.215. The highest BCUT2D eigenvalue weighted by molar-refractivity contribution is 5.84. The van der Waals surface area contributed by atoms with Crippen molar-refractivity contribution >= 4 is 5.84 Å². The Morgan fingerprint density at radius 1 is 1.41 bits per heavy atom. The van der Waals surface area contributed by atoms with Gasteiger partial charge in [0.2, 0.25) is 0 Å². The summed E-state index contributed by atoms with van der Waals surface area (Å²) in [7, 11) is 0. The number of aliphatic hydroxyl groups excluding tert-OH is 1. The van der Waals surface area contributed by atoms with E-state index in [1.54, 1.807) is 0 Å². The van der Waals surface area contributed by atoms with Gasteiger partial charge in [-0.25, -0.2) is 0 Å². The standard InChI is InChI=1S/C12H19N3O2/c1-10(12(13)14-17)15(7-8-16)9-11-5-3-2-4-6-11/h2-6,10,16-17H,7-9H2,1H3,(H2,13,14). The van der Waals surface area contributed by atoms with Crippen LogP contribution in [-0.2, 0) is 6.54 Å². The van der Waals surface area contributed by atoms with Crippen molar-refractivity contribution in [2.75, 3.05) is 13.2 Å². The smallest absolute Gasteiger partial charge is 0.156 e. The van der Waals surface area contributed by atoms with E-state index in [1.807, 2.05) is 42.2 Å². The fourth-order valence-corrected chi connectivity index (χ4v) is 1.63. The second kappa shape index (κ2) is 6.88. The first-order valence-electron chi connectivity index (χ1n) is 5.55. The highest BCUT2D eigenvalue weighted by Crippen LogP contribution is 2.08. The molecule has 4 N–H and O–H groups in total. The molecule has 5 heteroatoms. The van der Waals surface area contributed by atoms with E-state index >= 15 is 0 Å². The Morgan fingerprint density at radius 3 is 2.59 bits per heavy atom. The summed E-state index contributed by atoms with van der Waals surface area (Å²) in [5.74, 6) is 0.148. The fraction of sp³-hybridized carbons (Fsp3) is 0.417. The lowest BCUT2D eigenvalue weighted by molar-refractivity contribution is 0.175. The Labute approximate surface area is 101 Å². The van der Waals surface area contributed by atoms with Crippen molar-refractivity contribution in [3.63, 3.8) is 0 Å². The van der Waals surface area contributed by atoms with Gasteiger partial charge in [0.1, 0.15) is 0 Å². The van der Waals surface area contributed by atoms with E-state index in [2.05, 4.69) is 5.16 Å². The molecule has 1 atom stereocenters. The van der Waals surface area contributed by atoms with Crippen molar-refractivity contribution in [1.82, 2.24) is 4.90 Å². The zero-order valence-corrected chi connectivity index (χ0v) is 9.95. The molecule has 1 aromatic carbocycles. The molecule has 0 aliphatic heterocycles. The quantitative estimate of drug-likeness (QED) is 0.293. The van der Waals surface area contributed by atoms with Gasteiger partial charge >= 0.3 is 0 Å². The largest absolute Gasteiger partial charge is 0.409 e. The van der Waals surface area contributed by atoms with Crippen LogP contribution in [-0.4, -0.2) is 40.2 Å². The number of nitrogens with zero attached hydrogens (tertiary/aromatic N) is 2. The SMILES string of the molecule is CC(C(N)=NO)N(CCO)Cc1ccccc1. The lowest BCUT2D eigenvalue weighted by Gasteiger charge is -2.27. The molecule has 0 amide bonds. The molecule has 0 bridgehead atoms. The second-order valence-corrected chi connectivity index (χ2v) is 3.88. The molecule has 1 unspecified atom stereocenters. The molecule has 1 aromatic rings. The summed E-state index contributed by atoms with van der Waals surface area (Å²) in [4.78, 5) is 1.95. The monoisotopic (exact) mass is 237 g/mol. The normalized spacial score (nSPS) is 13.9. The molecule has 0 radical (unpaired) electrons. The minimum Gasteiger partial charge on any atom is -0.409 e. The van der Waals surface area contributed by atoms with Crippen molar-refractivity contribution in [3.05, 3.63) is 35.9 Å². The minimum absolute atomic E-state index is 0.0376. The number of oxime groups is 1. The third-order valence-electron chi connectivity index (χ3n) is 2.71. The summed E-state index contributed by atoms with van der Waals surface area (Å²) in [6, 6.07) is 9.66. The van der Waals surface area contributed by atoms with Crippen LogP contribution in [0.4, 0.5) is 0 Å². The van der Waals surface area contributed by atoms with Crippen LogP contribution in [0.15, 0.2) is 35.5 Å². The number of hydrogen-bond donors (Lipinski definition) is 3. The van der Waals surface area contributed by atoms with Crippen molar-refractivity contribution in [2.45, 2.75) is 19.5 Å². The molecular formula is C12H19N3O2. The average Bonchev–Trinajstić information content (AvgIpc) is 2.37. The maximum atomic E-state index is 9.03. The summed E-state index contributed by atoms with van der Waals surface area (Å²) >= 11 is 0. The van der Waals surface area contributed by atoms with Crippen LogP contribution < -0.4 is 5.73 Å². The number of nitrogens with two attached hydrogens (primary N) is 1. The first-order chi connectivity index (χ1) is 8.19. The van der Waals surface area contributed by atoms with Crippen molar-refractivity contribution in [3.8, 4) is 0 Å². The van der Waals surface area contributed by atoms with Crippen LogP contribution in [0.1, 0.15) is 12.5 Å². The Balaban J connectivity index is 2.73. The van der Waals surface area contributed by atoms with Gasteiger partial charge in [-0.2, -0.15) is 0 Å². The van der Waals surface area contributed by atoms with Crippen molar-refractivity contribution < 1.29 is 10.3 Å². The second-order valence-electron chi connectivity index (χ2n) is 3.88. The van der Waals surface area contributed by atoms with E-state index < -0.39 is 0 Å². The summed E-state index contributed by atoms with van der Waals surface area (Å²) in [6.07, 6.45) is 0. The Kier molecular flexibility index (Phi) is 5.45. The Bertz CT molecular complexity index is 354. The third kappa shape index (κ3) is 4.05. The lowest BCUT2D eigenvalue weighted by Crippen LogP contribution is -2.43. The van der Waals surface area contributed by atoms with Gasteiger partial charge in [-0.15, -0.1) is 0 Å². The maximum absolute atomic E-state index is 9.03. The molecule has 0 spiro atoms. The predicted octanol–water partition coefficient (Wildman–Crippen LogP) is 0.616. The van der Waals surface area contributed by atoms with Gasteiger partial charge in [-0.1, -0.05) is 35.5 Å². The average molecular weight is 237 g/mol. The predicted molar refractivity (Wildman–Crippen MR) is 66.8 cm³/mol. The van der Waals surface area contributed by atoms with Crippen LogP contribution in [0, 0.1) is 0 Å². The summed E-state index contributed by atoms with van der Waals surface area (Å²) < 4.78 is 0. The van der Waals surface area contributed by atoms with Gasteiger partial charge in [0, 0.05) is 13.1 Å². The van der Waals surface area contributed by atoms with Crippen LogP contribution in [0.2, 0.25) is 0 Å². The molecular weight excluding hydrogens is 218 g/mol. The van der Waals surface area contributed by atoms with Gasteiger partial charge in [-0.3, -0.25) is 4.90 Å². The topological polar surface area (TPSA) is 82.1 Å².